The third-order valence-electron chi connectivity index (χ3n) is 5.64. The lowest BCUT2D eigenvalue weighted by molar-refractivity contribution is -0.122. The maximum Gasteiger partial charge on any atom is 0.408 e. The Balaban J connectivity index is 1.55. The van der Waals surface area contributed by atoms with Crippen molar-refractivity contribution in [3.63, 3.8) is 0 Å². The summed E-state index contributed by atoms with van der Waals surface area (Å²) in [4.78, 5) is 25.3. The zero-order valence-corrected chi connectivity index (χ0v) is 26.0. The summed E-state index contributed by atoms with van der Waals surface area (Å²) in [5, 5.41) is 18.5. The molecule has 0 aliphatic carbocycles. The number of phenols is 1. The number of rotatable bonds is 24. The van der Waals surface area contributed by atoms with Crippen molar-refractivity contribution < 1.29 is 33.6 Å². The largest absolute Gasteiger partial charge is 0.508 e. The van der Waals surface area contributed by atoms with Gasteiger partial charge < -0.3 is 40.0 Å². The van der Waals surface area contributed by atoms with E-state index >= 15 is 0 Å². The molecule has 1 unspecified atom stereocenters. The fourth-order valence-electron chi connectivity index (χ4n) is 3.51. The first kappa shape index (κ1) is 35.7. The average molecular weight is 624 g/mol. The molecule has 42 heavy (non-hydrogen) atoms. The van der Waals surface area contributed by atoms with Crippen LogP contribution in [0.4, 0.5) is 4.79 Å². The minimum Gasteiger partial charge on any atom is -0.508 e. The molecule has 0 saturated carbocycles. The van der Waals surface area contributed by atoms with E-state index in [1.54, 1.807) is 45.9 Å². The number of aromatic hydroxyl groups is 1. The van der Waals surface area contributed by atoms with E-state index in [1.165, 1.54) is 0 Å². The molecule has 0 radical (unpaired) electrons. The molecule has 12 heteroatoms. The lowest BCUT2D eigenvalue weighted by atomic mass is 10.1. The number of carbonyl (C=O) groups is 2. The fraction of sp³-hybridized carbons (Fsp3) is 0.533. The number of hydrogen-bond donors (Lipinski definition) is 4. The third-order valence-corrected chi connectivity index (χ3v) is 8.05. The molecule has 2 rings (SSSR count). The van der Waals surface area contributed by atoms with Gasteiger partial charge in [-0.25, -0.2) is 4.79 Å². The Morgan fingerprint density at radius 1 is 0.786 bits per heavy atom. The molecular formula is C30H45N3O7S2. The zero-order chi connectivity index (χ0) is 30.1. The maximum atomic E-state index is 12.9. The maximum absolute atomic E-state index is 12.9. The van der Waals surface area contributed by atoms with Gasteiger partial charge in [0.1, 0.15) is 18.4 Å². The van der Waals surface area contributed by atoms with Gasteiger partial charge in [0, 0.05) is 44.2 Å². The van der Waals surface area contributed by atoms with Gasteiger partial charge in [-0.3, -0.25) is 4.79 Å². The highest BCUT2D eigenvalue weighted by Crippen LogP contribution is 2.19. The van der Waals surface area contributed by atoms with Gasteiger partial charge in [-0.2, -0.15) is 0 Å². The van der Waals surface area contributed by atoms with Crippen LogP contribution in [0.15, 0.2) is 54.6 Å². The SMILES string of the molecule is CCCOCCOCCOCCNCCSSCCNC(=O)C(Cc1ccc(O)cc1)NC(=O)OCc1ccccc1. The Morgan fingerprint density at radius 2 is 1.43 bits per heavy atom. The van der Waals surface area contributed by atoms with Gasteiger partial charge in [0.05, 0.1) is 33.0 Å². The number of amides is 2. The fourth-order valence-corrected chi connectivity index (χ4v) is 5.37. The molecule has 0 heterocycles. The van der Waals surface area contributed by atoms with Crippen LogP contribution in [0.5, 0.6) is 5.75 Å². The van der Waals surface area contributed by atoms with Crippen LogP contribution in [0.2, 0.25) is 0 Å². The van der Waals surface area contributed by atoms with Gasteiger partial charge in [0.2, 0.25) is 5.91 Å². The van der Waals surface area contributed by atoms with Gasteiger partial charge in [0.15, 0.2) is 0 Å². The smallest absolute Gasteiger partial charge is 0.408 e. The Kier molecular flexibility index (Phi) is 20.4. The molecule has 2 aromatic carbocycles. The van der Waals surface area contributed by atoms with Crippen molar-refractivity contribution in [2.75, 3.05) is 70.8 Å². The van der Waals surface area contributed by atoms with Crippen LogP contribution in [0, 0.1) is 0 Å². The number of ether oxygens (including phenoxy) is 4. The van der Waals surface area contributed by atoms with Crippen molar-refractivity contribution in [2.45, 2.75) is 32.4 Å². The molecule has 1 atom stereocenters. The molecule has 0 saturated heterocycles. The Morgan fingerprint density at radius 3 is 2.12 bits per heavy atom. The van der Waals surface area contributed by atoms with Gasteiger partial charge >= 0.3 is 6.09 Å². The van der Waals surface area contributed by atoms with Gasteiger partial charge in [-0.1, -0.05) is 71.0 Å². The molecule has 0 bridgehead atoms. The molecule has 0 aliphatic rings. The summed E-state index contributed by atoms with van der Waals surface area (Å²) in [5.41, 5.74) is 1.66. The molecular weight excluding hydrogens is 578 g/mol. The van der Waals surface area contributed by atoms with E-state index in [0.29, 0.717) is 39.6 Å². The van der Waals surface area contributed by atoms with Crippen LogP contribution in [0.25, 0.3) is 0 Å². The van der Waals surface area contributed by atoms with E-state index in [1.807, 2.05) is 30.3 Å². The van der Waals surface area contributed by atoms with Crippen molar-refractivity contribution in [2.24, 2.45) is 0 Å². The second kappa shape index (κ2) is 24.0. The Bertz CT molecular complexity index is 971. The van der Waals surface area contributed by atoms with Crippen molar-refractivity contribution in [3.8, 4) is 5.75 Å². The molecule has 0 aromatic heterocycles. The van der Waals surface area contributed by atoms with Crippen molar-refractivity contribution in [3.05, 3.63) is 65.7 Å². The average Bonchev–Trinajstić information content (AvgIpc) is 3.00. The van der Waals surface area contributed by atoms with E-state index in [9.17, 15) is 14.7 Å². The number of phenolic OH excluding ortho intramolecular Hbond substituents is 1. The normalized spacial score (nSPS) is 11.6. The lowest BCUT2D eigenvalue weighted by Gasteiger charge is -2.18. The van der Waals surface area contributed by atoms with Gasteiger partial charge in [0.25, 0.3) is 0 Å². The number of alkyl carbamates (subject to hydrolysis) is 1. The quantitative estimate of drug-likeness (QED) is 0.101. The van der Waals surface area contributed by atoms with Crippen molar-refractivity contribution in [1.82, 2.24) is 16.0 Å². The van der Waals surface area contributed by atoms with Crippen LogP contribution in [-0.2, 0) is 36.8 Å². The van der Waals surface area contributed by atoms with Crippen LogP contribution in [-0.4, -0.2) is 93.9 Å². The summed E-state index contributed by atoms with van der Waals surface area (Å²) < 4.78 is 21.6. The number of benzene rings is 2. The minimum absolute atomic E-state index is 0.111. The van der Waals surface area contributed by atoms with Crippen LogP contribution < -0.4 is 16.0 Å². The first-order valence-electron chi connectivity index (χ1n) is 14.3. The number of nitrogens with one attached hydrogen (secondary N) is 3. The van der Waals surface area contributed by atoms with Crippen LogP contribution in [0.3, 0.4) is 0 Å². The molecule has 4 N–H and O–H groups in total. The highest BCUT2D eigenvalue weighted by atomic mass is 33.1. The summed E-state index contributed by atoms with van der Waals surface area (Å²) in [6.45, 7) is 8.09. The molecule has 234 valence electrons. The number of carbonyl (C=O) groups excluding carboxylic acids is 2. The van der Waals surface area contributed by atoms with Crippen LogP contribution >= 0.6 is 21.6 Å². The van der Waals surface area contributed by atoms with Crippen molar-refractivity contribution >= 4 is 33.6 Å². The first-order valence-corrected chi connectivity index (χ1v) is 16.8. The highest BCUT2D eigenvalue weighted by molar-refractivity contribution is 8.76. The Hall–Kier alpha value is -2.48. The van der Waals surface area contributed by atoms with E-state index in [-0.39, 0.29) is 24.7 Å². The molecule has 0 spiro atoms. The molecule has 2 amide bonds. The van der Waals surface area contributed by atoms with E-state index in [2.05, 4.69) is 22.9 Å². The summed E-state index contributed by atoms with van der Waals surface area (Å²) in [5.74, 6) is 1.51. The summed E-state index contributed by atoms with van der Waals surface area (Å²) in [6, 6.07) is 15.1. The van der Waals surface area contributed by atoms with E-state index < -0.39 is 12.1 Å². The van der Waals surface area contributed by atoms with Gasteiger partial charge in [-0.15, -0.1) is 0 Å². The topological polar surface area (TPSA) is 127 Å². The second-order valence-corrected chi connectivity index (χ2v) is 11.9. The molecule has 0 aliphatic heterocycles. The predicted molar refractivity (Wildman–Crippen MR) is 169 cm³/mol. The summed E-state index contributed by atoms with van der Waals surface area (Å²) in [7, 11) is 3.41. The first-order chi connectivity index (χ1) is 20.6. The highest BCUT2D eigenvalue weighted by Gasteiger charge is 2.22. The minimum atomic E-state index is -0.812. The standard InChI is InChI=1S/C30H45N3O7S2/c1-2-15-37-17-19-39-20-18-38-16-12-31-13-21-41-42-22-14-32-29(35)28(23-25-8-10-27(34)11-9-25)33-30(36)40-24-26-6-4-3-5-7-26/h3-11,28,31,34H,2,12-24H2,1H3,(H,32,35)(H,33,36). The molecule has 0 fully saturated rings. The number of hydrogen-bond acceptors (Lipinski definition) is 10. The van der Waals surface area contributed by atoms with Crippen LogP contribution in [0.1, 0.15) is 24.5 Å². The predicted octanol–water partition coefficient (Wildman–Crippen LogP) is 3.78. The summed E-state index contributed by atoms with van der Waals surface area (Å²) in [6.07, 6.45) is 0.622. The zero-order valence-electron chi connectivity index (χ0n) is 24.4. The van der Waals surface area contributed by atoms with E-state index in [0.717, 1.165) is 48.7 Å². The molecule has 2 aromatic rings. The van der Waals surface area contributed by atoms with Crippen molar-refractivity contribution in [1.29, 1.82) is 0 Å². The monoisotopic (exact) mass is 623 g/mol. The second-order valence-electron chi connectivity index (χ2n) is 9.15. The lowest BCUT2D eigenvalue weighted by Crippen LogP contribution is -2.48. The summed E-state index contributed by atoms with van der Waals surface area (Å²) >= 11 is 0. The third kappa shape index (κ3) is 18.1. The molecule has 10 nitrogen and oxygen atoms in total. The van der Waals surface area contributed by atoms with E-state index in [4.69, 9.17) is 18.9 Å². The van der Waals surface area contributed by atoms with Gasteiger partial charge in [-0.05, 0) is 29.7 Å². The Labute approximate surface area is 257 Å².